The second kappa shape index (κ2) is 8.60. The third-order valence-corrected chi connectivity index (χ3v) is 4.43. The Kier molecular flexibility index (Phi) is 6.50. The van der Waals surface area contributed by atoms with E-state index in [1.54, 1.807) is 19.1 Å². The third kappa shape index (κ3) is 5.27. The van der Waals surface area contributed by atoms with E-state index in [0.29, 0.717) is 19.3 Å². The maximum Gasteiger partial charge on any atom is 0.407 e. The van der Waals surface area contributed by atoms with Crippen molar-refractivity contribution in [1.29, 1.82) is 0 Å². The Morgan fingerprint density at radius 2 is 1.96 bits per heavy atom. The lowest BCUT2D eigenvalue weighted by Crippen LogP contribution is -2.48. The van der Waals surface area contributed by atoms with Crippen molar-refractivity contribution < 1.29 is 28.6 Å². The summed E-state index contributed by atoms with van der Waals surface area (Å²) in [5.74, 6) is -1.49. The first-order chi connectivity index (χ1) is 11.9. The molecule has 1 aromatic carbocycles. The molecule has 2 rings (SSSR count). The maximum absolute atomic E-state index is 13.0. The SMILES string of the molecule is CCOC(=O)CC(=O)C1CCN(C(=O)O)C(Cc2ccc(F)cc2)C1. The number of rotatable bonds is 6. The molecule has 6 nitrogen and oxygen atoms in total. The van der Waals surface area contributed by atoms with Crippen LogP contribution in [-0.2, 0) is 20.7 Å². The van der Waals surface area contributed by atoms with E-state index in [4.69, 9.17) is 4.74 Å². The largest absolute Gasteiger partial charge is 0.466 e. The highest BCUT2D eigenvalue weighted by Gasteiger charge is 2.35. The average Bonchev–Trinajstić information content (AvgIpc) is 2.56. The van der Waals surface area contributed by atoms with Crippen LogP contribution >= 0.6 is 0 Å². The number of carbonyl (C=O) groups is 3. The summed E-state index contributed by atoms with van der Waals surface area (Å²) in [5, 5.41) is 9.38. The van der Waals surface area contributed by atoms with Crippen LogP contribution in [0, 0.1) is 11.7 Å². The number of likely N-dealkylation sites (tertiary alicyclic amines) is 1. The summed E-state index contributed by atoms with van der Waals surface area (Å²) in [4.78, 5) is 36.5. The molecule has 1 amide bonds. The summed E-state index contributed by atoms with van der Waals surface area (Å²) in [6.45, 7) is 2.13. The van der Waals surface area contributed by atoms with Crippen LogP contribution in [0.25, 0.3) is 0 Å². The van der Waals surface area contributed by atoms with Crippen LogP contribution < -0.4 is 0 Å². The lowest BCUT2D eigenvalue weighted by atomic mass is 9.84. The van der Waals surface area contributed by atoms with E-state index in [9.17, 15) is 23.9 Å². The molecule has 2 atom stereocenters. The van der Waals surface area contributed by atoms with Gasteiger partial charge in [0.2, 0.25) is 0 Å². The van der Waals surface area contributed by atoms with Gasteiger partial charge in [-0.15, -0.1) is 0 Å². The quantitative estimate of drug-likeness (QED) is 0.629. The van der Waals surface area contributed by atoms with E-state index >= 15 is 0 Å². The Labute approximate surface area is 145 Å². The molecule has 7 heteroatoms. The van der Waals surface area contributed by atoms with E-state index in [1.807, 2.05) is 0 Å². The van der Waals surface area contributed by atoms with Gasteiger partial charge in [0.05, 0.1) is 6.61 Å². The zero-order valence-electron chi connectivity index (χ0n) is 14.1. The molecule has 1 aromatic rings. The standard InChI is InChI=1S/C18H22FNO5/c1-2-25-17(22)11-16(21)13-7-8-20(18(23)24)15(10-13)9-12-3-5-14(19)6-4-12/h3-6,13,15H,2,7-11H2,1H3,(H,23,24). The summed E-state index contributed by atoms with van der Waals surface area (Å²) >= 11 is 0. The van der Waals surface area contributed by atoms with Gasteiger partial charge in [-0.25, -0.2) is 9.18 Å². The van der Waals surface area contributed by atoms with Crippen molar-refractivity contribution in [3.05, 3.63) is 35.6 Å². The van der Waals surface area contributed by atoms with Gasteiger partial charge in [-0.1, -0.05) is 12.1 Å². The zero-order valence-corrected chi connectivity index (χ0v) is 14.1. The molecule has 1 heterocycles. The first-order valence-electron chi connectivity index (χ1n) is 8.33. The van der Waals surface area contributed by atoms with Crippen molar-refractivity contribution in [2.75, 3.05) is 13.2 Å². The first-order valence-corrected chi connectivity index (χ1v) is 8.33. The number of carboxylic acid groups (broad SMARTS) is 1. The van der Waals surface area contributed by atoms with Gasteiger partial charge in [0.15, 0.2) is 0 Å². The predicted molar refractivity (Wildman–Crippen MR) is 87.6 cm³/mol. The maximum atomic E-state index is 13.0. The predicted octanol–water partition coefficient (Wildman–Crippen LogP) is 2.65. The molecule has 2 unspecified atom stereocenters. The fourth-order valence-electron chi connectivity index (χ4n) is 3.18. The molecule has 0 saturated carbocycles. The van der Waals surface area contributed by atoms with Gasteiger partial charge in [0.25, 0.3) is 0 Å². The molecule has 1 N–H and O–H groups in total. The number of ether oxygens (including phenoxy) is 1. The van der Waals surface area contributed by atoms with E-state index < -0.39 is 12.1 Å². The molecular weight excluding hydrogens is 329 g/mol. The van der Waals surface area contributed by atoms with Gasteiger partial charge in [-0.05, 0) is 43.9 Å². The number of hydrogen-bond donors (Lipinski definition) is 1. The van der Waals surface area contributed by atoms with Crippen molar-refractivity contribution in [2.24, 2.45) is 5.92 Å². The molecule has 136 valence electrons. The van der Waals surface area contributed by atoms with Crippen LogP contribution in [0.3, 0.4) is 0 Å². The number of carbonyl (C=O) groups excluding carboxylic acids is 2. The molecule has 1 aliphatic rings. The number of halogens is 1. The van der Waals surface area contributed by atoms with E-state index in [2.05, 4.69) is 0 Å². The van der Waals surface area contributed by atoms with Gasteiger partial charge in [0.1, 0.15) is 18.0 Å². The minimum Gasteiger partial charge on any atom is -0.466 e. The molecule has 0 aliphatic carbocycles. The van der Waals surface area contributed by atoms with Crippen molar-refractivity contribution in [1.82, 2.24) is 4.90 Å². The Morgan fingerprint density at radius 3 is 2.56 bits per heavy atom. The van der Waals surface area contributed by atoms with Crippen molar-refractivity contribution in [3.8, 4) is 0 Å². The van der Waals surface area contributed by atoms with Crippen molar-refractivity contribution >= 4 is 17.8 Å². The summed E-state index contributed by atoms with van der Waals surface area (Å²) in [7, 11) is 0. The van der Waals surface area contributed by atoms with Gasteiger partial charge in [-0.2, -0.15) is 0 Å². The highest BCUT2D eigenvalue weighted by atomic mass is 19.1. The molecular formula is C18H22FNO5. The van der Waals surface area contributed by atoms with Crippen molar-refractivity contribution in [2.45, 2.75) is 38.6 Å². The summed E-state index contributed by atoms with van der Waals surface area (Å²) in [5.41, 5.74) is 0.802. The number of hydrogen-bond acceptors (Lipinski definition) is 4. The Bertz CT molecular complexity index is 631. The van der Waals surface area contributed by atoms with Crippen molar-refractivity contribution in [3.63, 3.8) is 0 Å². The molecule has 1 fully saturated rings. The van der Waals surface area contributed by atoms with Gasteiger partial charge >= 0.3 is 12.1 Å². The first kappa shape index (κ1) is 18.9. The summed E-state index contributed by atoms with van der Waals surface area (Å²) in [6, 6.07) is 5.49. The number of ketones is 1. The van der Waals surface area contributed by atoms with Gasteiger partial charge in [0, 0.05) is 18.5 Å². The van der Waals surface area contributed by atoms with E-state index in [1.165, 1.54) is 17.0 Å². The second-order valence-corrected chi connectivity index (χ2v) is 6.13. The number of benzene rings is 1. The molecule has 0 radical (unpaired) electrons. The molecule has 1 aliphatic heterocycles. The van der Waals surface area contributed by atoms with E-state index in [-0.39, 0.29) is 43.1 Å². The number of amides is 1. The molecule has 0 spiro atoms. The van der Waals surface area contributed by atoms with Gasteiger partial charge in [-0.3, -0.25) is 9.59 Å². The summed E-state index contributed by atoms with van der Waals surface area (Å²) < 4.78 is 17.8. The van der Waals surface area contributed by atoms with E-state index in [0.717, 1.165) is 5.56 Å². The fraction of sp³-hybridized carbons (Fsp3) is 0.500. The lowest BCUT2D eigenvalue weighted by Gasteiger charge is -2.37. The topological polar surface area (TPSA) is 83.9 Å². The third-order valence-electron chi connectivity index (χ3n) is 4.43. The zero-order chi connectivity index (χ0) is 18.4. The fourth-order valence-corrected chi connectivity index (χ4v) is 3.18. The average molecular weight is 351 g/mol. The van der Waals surface area contributed by atoms with Crippen LogP contribution in [-0.4, -0.2) is 47.0 Å². The van der Waals surface area contributed by atoms with Crippen LogP contribution in [0.1, 0.15) is 31.7 Å². The molecule has 1 saturated heterocycles. The molecule has 0 aromatic heterocycles. The minimum absolute atomic E-state index is 0.215. The highest BCUT2D eigenvalue weighted by Crippen LogP contribution is 2.27. The Hall–Kier alpha value is -2.44. The lowest BCUT2D eigenvalue weighted by molar-refractivity contribution is -0.146. The monoisotopic (exact) mass is 351 g/mol. The highest BCUT2D eigenvalue weighted by molar-refractivity contribution is 5.96. The normalized spacial score (nSPS) is 20.2. The van der Waals surface area contributed by atoms with Crippen LogP contribution in [0.5, 0.6) is 0 Å². The smallest absolute Gasteiger partial charge is 0.407 e. The second-order valence-electron chi connectivity index (χ2n) is 6.13. The molecule has 25 heavy (non-hydrogen) atoms. The molecule has 0 bridgehead atoms. The number of esters is 1. The van der Waals surface area contributed by atoms with Crippen LogP contribution in [0.2, 0.25) is 0 Å². The minimum atomic E-state index is -1.04. The Balaban J connectivity index is 2.05. The number of nitrogens with zero attached hydrogens (tertiary/aromatic N) is 1. The number of Topliss-reactive ketones (excluding diaryl/α,β-unsaturated/α-hetero) is 1. The number of piperidine rings is 1. The van der Waals surface area contributed by atoms with Gasteiger partial charge < -0.3 is 14.7 Å². The summed E-state index contributed by atoms with van der Waals surface area (Å²) in [6.07, 6.45) is -0.180. The Morgan fingerprint density at radius 1 is 1.28 bits per heavy atom. The van der Waals surface area contributed by atoms with Crippen LogP contribution in [0.15, 0.2) is 24.3 Å². The van der Waals surface area contributed by atoms with Crippen LogP contribution in [0.4, 0.5) is 9.18 Å².